The topological polar surface area (TPSA) is 74.2 Å². The van der Waals surface area contributed by atoms with Crippen molar-refractivity contribution in [2.45, 2.75) is 6.61 Å². The molecule has 0 atom stereocenters. The van der Waals surface area contributed by atoms with Crippen LogP contribution in [0.5, 0.6) is 5.88 Å². The highest BCUT2D eigenvalue weighted by Crippen LogP contribution is 2.20. The second kappa shape index (κ2) is 5.44. The van der Waals surface area contributed by atoms with Gasteiger partial charge in [0.05, 0.1) is 6.26 Å². The molecule has 3 aromatic rings. The van der Waals surface area contributed by atoms with Crippen LogP contribution < -0.4 is 10.5 Å². The molecule has 0 fully saturated rings. The Morgan fingerprint density at radius 1 is 1.05 bits per heavy atom. The first-order valence-electron chi connectivity index (χ1n) is 6.16. The third-order valence-corrected chi connectivity index (χ3v) is 2.70. The maximum absolute atomic E-state index is 5.79. The molecule has 1 aromatic carbocycles. The molecule has 5 heteroatoms. The highest BCUT2D eigenvalue weighted by molar-refractivity contribution is 5.57. The number of rotatable bonds is 4. The van der Waals surface area contributed by atoms with E-state index < -0.39 is 0 Å². The zero-order chi connectivity index (χ0) is 13.8. The van der Waals surface area contributed by atoms with Crippen molar-refractivity contribution in [1.82, 2.24) is 9.97 Å². The zero-order valence-electron chi connectivity index (χ0n) is 10.7. The van der Waals surface area contributed by atoms with E-state index in [1.165, 1.54) is 0 Å². The average Bonchev–Trinajstić information content (AvgIpc) is 2.99. The van der Waals surface area contributed by atoms with Crippen LogP contribution in [-0.4, -0.2) is 9.97 Å². The monoisotopic (exact) mass is 267 g/mol. The lowest BCUT2D eigenvalue weighted by atomic mass is 10.2. The normalized spacial score (nSPS) is 10.4. The summed E-state index contributed by atoms with van der Waals surface area (Å²) in [6.07, 6.45) is 1.60. The number of hydrogen-bond acceptors (Lipinski definition) is 5. The van der Waals surface area contributed by atoms with Gasteiger partial charge in [0.15, 0.2) is 5.82 Å². The van der Waals surface area contributed by atoms with Crippen molar-refractivity contribution in [3.05, 3.63) is 60.6 Å². The fourth-order valence-corrected chi connectivity index (χ4v) is 1.77. The van der Waals surface area contributed by atoms with Crippen LogP contribution in [0, 0.1) is 0 Å². The second-order valence-electron chi connectivity index (χ2n) is 4.19. The Labute approximate surface area is 116 Å². The number of nitrogen functional groups attached to an aromatic ring is 1. The number of nitrogens with two attached hydrogens (primary N) is 1. The van der Waals surface area contributed by atoms with E-state index in [1.807, 2.05) is 42.5 Å². The maximum atomic E-state index is 5.79. The molecule has 100 valence electrons. The molecule has 5 nitrogen and oxygen atoms in total. The first-order valence-corrected chi connectivity index (χ1v) is 6.16. The van der Waals surface area contributed by atoms with Gasteiger partial charge >= 0.3 is 0 Å². The number of ether oxygens (including phenoxy) is 1. The van der Waals surface area contributed by atoms with Crippen molar-refractivity contribution in [2.24, 2.45) is 0 Å². The highest BCUT2D eigenvalue weighted by Gasteiger charge is 2.06. The number of anilines is 1. The minimum absolute atomic E-state index is 0.303. The number of furan rings is 1. The number of aromatic nitrogens is 2. The number of benzene rings is 1. The molecule has 0 aliphatic rings. The van der Waals surface area contributed by atoms with E-state index >= 15 is 0 Å². The molecule has 3 rings (SSSR count). The quantitative estimate of drug-likeness (QED) is 0.786. The minimum Gasteiger partial charge on any atom is -0.469 e. The molecule has 0 amide bonds. The molecular weight excluding hydrogens is 254 g/mol. The van der Waals surface area contributed by atoms with Crippen molar-refractivity contribution < 1.29 is 9.15 Å². The van der Waals surface area contributed by atoms with Gasteiger partial charge in [0, 0.05) is 11.6 Å². The van der Waals surface area contributed by atoms with Crippen molar-refractivity contribution in [1.29, 1.82) is 0 Å². The summed E-state index contributed by atoms with van der Waals surface area (Å²) in [5.41, 5.74) is 6.68. The van der Waals surface area contributed by atoms with E-state index in [1.54, 1.807) is 12.3 Å². The summed E-state index contributed by atoms with van der Waals surface area (Å²) in [5.74, 6) is 2.06. The number of hydrogen-bond donors (Lipinski definition) is 1. The molecule has 2 heterocycles. The molecule has 2 N–H and O–H groups in total. The SMILES string of the molecule is Nc1cc(OCc2ccco2)nc(-c2ccccc2)n1. The van der Waals surface area contributed by atoms with Crippen LogP contribution >= 0.6 is 0 Å². The Morgan fingerprint density at radius 3 is 2.65 bits per heavy atom. The first-order chi connectivity index (χ1) is 9.81. The van der Waals surface area contributed by atoms with E-state index in [9.17, 15) is 0 Å². The molecule has 0 spiro atoms. The van der Waals surface area contributed by atoms with Crippen molar-refractivity contribution >= 4 is 5.82 Å². The standard InChI is InChI=1S/C15H13N3O2/c16-13-9-14(20-10-12-7-4-8-19-12)18-15(17-13)11-5-2-1-3-6-11/h1-9H,10H2,(H2,16,17,18). The Hall–Kier alpha value is -2.82. The van der Waals surface area contributed by atoms with Gasteiger partial charge in [-0.15, -0.1) is 0 Å². The van der Waals surface area contributed by atoms with Crippen LogP contribution in [-0.2, 0) is 6.61 Å². The van der Waals surface area contributed by atoms with Gasteiger partial charge in [-0.2, -0.15) is 4.98 Å². The third kappa shape index (κ3) is 2.77. The molecule has 0 saturated carbocycles. The Balaban J connectivity index is 1.83. The molecular formula is C15H13N3O2. The van der Waals surface area contributed by atoms with E-state index in [0.717, 1.165) is 11.3 Å². The van der Waals surface area contributed by atoms with Gasteiger partial charge < -0.3 is 14.9 Å². The van der Waals surface area contributed by atoms with Crippen LogP contribution in [0.25, 0.3) is 11.4 Å². The van der Waals surface area contributed by atoms with E-state index in [0.29, 0.717) is 24.1 Å². The molecule has 0 aliphatic heterocycles. The molecule has 2 aromatic heterocycles. The second-order valence-corrected chi connectivity index (χ2v) is 4.19. The van der Waals surface area contributed by atoms with Gasteiger partial charge in [0.25, 0.3) is 0 Å². The van der Waals surface area contributed by atoms with Gasteiger partial charge in [-0.05, 0) is 12.1 Å². The predicted octanol–water partition coefficient (Wildman–Crippen LogP) is 2.90. The van der Waals surface area contributed by atoms with E-state index in [4.69, 9.17) is 14.9 Å². The molecule has 20 heavy (non-hydrogen) atoms. The van der Waals surface area contributed by atoms with Gasteiger partial charge in [-0.25, -0.2) is 4.98 Å². The lowest BCUT2D eigenvalue weighted by molar-refractivity contribution is 0.260. The summed E-state index contributed by atoms with van der Waals surface area (Å²) in [5, 5.41) is 0. The van der Waals surface area contributed by atoms with Crippen molar-refractivity contribution in [2.75, 3.05) is 5.73 Å². The van der Waals surface area contributed by atoms with Crippen LogP contribution in [0.3, 0.4) is 0 Å². The van der Waals surface area contributed by atoms with Gasteiger partial charge in [-0.3, -0.25) is 0 Å². The van der Waals surface area contributed by atoms with Gasteiger partial charge in [0.1, 0.15) is 18.2 Å². The number of nitrogens with zero attached hydrogens (tertiary/aromatic N) is 2. The molecule has 0 unspecified atom stereocenters. The average molecular weight is 267 g/mol. The van der Waals surface area contributed by atoms with Gasteiger partial charge in [0.2, 0.25) is 5.88 Å². The fourth-order valence-electron chi connectivity index (χ4n) is 1.77. The maximum Gasteiger partial charge on any atom is 0.219 e. The Bertz CT molecular complexity index is 682. The smallest absolute Gasteiger partial charge is 0.219 e. The van der Waals surface area contributed by atoms with Gasteiger partial charge in [-0.1, -0.05) is 30.3 Å². The lowest BCUT2D eigenvalue weighted by Crippen LogP contribution is -2.01. The zero-order valence-corrected chi connectivity index (χ0v) is 10.7. The summed E-state index contributed by atoms with van der Waals surface area (Å²) < 4.78 is 10.8. The van der Waals surface area contributed by atoms with Crippen molar-refractivity contribution in [3.8, 4) is 17.3 Å². The largest absolute Gasteiger partial charge is 0.469 e. The molecule has 0 radical (unpaired) electrons. The molecule has 0 aliphatic carbocycles. The van der Waals surface area contributed by atoms with Crippen LogP contribution in [0.2, 0.25) is 0 Å². The lowest BCUT2D eigenvalue weighted by Gasteiger charge is -2.07. The Morgan fingerprint density at radius 2 is 1.90 bits per heavy atom. The van der Waals surface area contributed by atoms with Crippen LogP contribution in [0.4, 0.5) is 5.82 Å². The summed E-state index contributed by atoms with van der Waals surface area (Å²) >= 11 is 0. The summed E-state index contributed by atoms with van der Waals surface area (Å²) in [7, 11) is 0. The first kappa shape index (κ1) is 12.2. The Kier molecular flexibility index (Phi) is 3.33. The third-order valence-electron chi connectivity index (χ3n) is 2.70. The minimum atomic E-state index is 0.303. The van der Waals surface area contributed by atoms with Crippen LogP contribution in [0.1, 0.15) is 5.76 Å². The summed E-state index contributed by atoms with van der Waals surface area (Å²) in [6.45, 7) is 0.303. The molecule has 0 bridgehead atoms. The summed E-state index contributed by atoms with van der Waals surface area (Å²) in [6, 6.07) is 14.9. The van der Waals surface area contributed by atoms with E-state index in [-0.39, 0.29) is 0 Å². The molecule has 0 saturated heterocycles. The fraction of sp³-hybridized carbons (Fsp3) is 0.0667. The summed E-state index contributed by atoms with van der Waals surface area (Å²) in [4.78, 5) is 8.56. The van der Waals surface area contributed by atoms with Crippen LogP contribution in [0.15, 0.2) is 59.2 Å². The highest BCUT2D eigenvalue weighted by atomic mass is 16.5. The van der Waals surface area contributed by atoms with Crippen molar-refractivity contribution in [3.63, 3.8) is 0 Å². The van der Waals surface area contributed by atoms with E-state index in [2.05, 4.69) is 9.97 Å². The predicted molar refractivity (Wildman–Crippen MR) is 74.9 cm³/mol.